The molecule has 0 fully saturated rings. The number of hydrogen-bond acceptors (Lipinski definition) is 2. The SMILES string of the molecule is CCOC(=O)/C=C(\C)Cc1ccc(Br)cc1. The number of benzene rings is 1. The zero-order valence-electron chi connectivity index (χ0n) is 9.50. The third-order valence-corrected chi connectivity index (χ3v) is 2.58. The molecule has 1 aromatic carbocycles. The van der Waals surface area contributed by atoms with Gasteiger partial charge in [-0.3, -0.25) is 0 Å². The molecule has 0 aromatic heterocycles. The first-order valence-electron chi connectivity index (χ1n) is 5.20. The summed E-state index contributed by atoms with van der Waals surface area (Å²) >= 11 is 3.38. The summed E-state index contributed by atoms with van der Waals surface area (Å²) in [6.45, 7) is 4.15. The summed E-state index contributed by atoms with van der Waals surface area (Å²) in [4.78, 5) is 11.2. The number of carbonyl (C=O) groups excluding carboxylic acids is 1. The van der Waals surface area contributed by atoms with E-state index in [1.807, 2.05) is 31.2 Å². The summed E-state index contributed by atoms with van der Waals surface area (Å²) in [5, 5.41) is 0. The summed E-state index contributed by atoms with van der Waals surface area (Å²) in [7, 11) is 0. The minimum absolute atomic E-state index is 0.267. The molecule has 0 radical (unpaired) electrons. The van der Waals surface area contributed by atoms with Crippen LogP contribution in [0.2, 0.25) is 0 Å². The van der Waals surface area contributed by atoms with Crippen LogP contribution in [-0.2, 0) is 16.0 Å². The van der Waals surface area contributed by atoms with Crippen LogP contribution in [0.1, 0.15) is 19.4 Å². The molecule has 3 heteroatoms. The highest BCUT2D eigenvalue weighted by Crippen LogP contribution is 2.13. The second kappa shape index (κ2) is 6.48. The molecule has 0 N–H and O–H groups in total. The van der Waals surface area contributed by atoms with Crippen LogP contribution in [0.25, 0.3) is 0 Å². The number of rotatable bonds is 4. The van der Waals surface area contributed by atoms with Crippen LogP contribution in [0.4, 0.5) is 0 Å². The van der Waals surface area contributed by atoms with Gasteiger partial charge in [-0.25, -0.2) is 4.79 Å². The van der Waals surface area contributed by atoms with Gasteiger partial charge in [-0.1, -0.05) is 33.6 Å². The highest BCUT2D eigenvalue weighted by atomic mass is 79.9. The van der Waals surface area contributed by atoms with E-state index < -0.39 is 0 Å². The lowest BCUT2D eigenvalue weighted by molar-refractivity contribution is -0.137. The normalized spacial score (nSPS) is 11.3. The third kappa shape index (κ3) is 4.62. The molecule has 0 saturated heterocycles. The first-order chi connectivity index (χ1) is 7.61. The van der Waals surface area contributed by atoms with Crippen molar-refractivity contribution in [3.05, 3.63) is 46.0 Å². The molecule has 0 spiro atoms. The molecule has 0 aliphatic rings. The Kier molecular flexibility index (Phi) is 5.26. The molecule has 0 aliphatic carbocycles. The lowest BCUT2D eigenvalue weighted by atomic mass is 10.1. The fourth-order valence-electron chi connectivity index (χ4n) is 1.36. The van der Waals surface area contributed by atoms with E-state index >= 15 is 0 Å². The number of allylic oxidation sites excluding steroid dienone is 1. The van der Waals surface area contributed by atoms with Crippen molar-refractivity contribution in [1.29, 1.82) is 0 Å². The molecule has 0 bridgehead atoms. The first-order valence-corrected chi connectivity index (χ1v) is 5.99. The summed E-state index contributed by atoms with van der Waals surface area (Å²) in [5.74, 6) is -0.267. The topological polar surface area (TPSA) is 26.3 Å². The molecule has 0 heterocycles. The molecule has 1 aromatic rings. The molecule has 16 heavy (non-hydrogen) atoms. The molecule has 86 valence electrons. The first kappa shape index (κ1) is 13.0. The second-order valence-electron chi connectivity index (χ2n) is 3.55. The van der Waals surface area contributed by atoms with Crippen LogP contribution in [0.3, 0.4) is 0 Å². The van der Waals surface area contributed by atoms with Crippen molar-refractivity contribution >= 4 is 21.9 Å². The number of hydrogen-bond donors (Lipinski definition) is 0. The van der Waals surface area contributed by atoms with Gasteiger partial charge >= 0.3 is 5.97 Å². The molecular formula is C13H15BrO2. The number of ether oxygens (including phenoxy) is 1. The highest BCUT2D eigenvalue weighted by molar-refractivity contribution is 9.10. The average Bonchev–Trinajstić information content (AvgIpc) is 2.21. The predicted molar refractivity (Wildman–Crippen MR) is 68.2 cm³/mol. The monoisotopic (exact) mass is 282 g/mol. The van der Waals surface area contributed by atoms with E-state index in [1.54, 1.807) is 13.0 Å². The van der Waals surface area contributed by atoms with E-state index in [4.69, 9.17) is 4.74 Å². The van der Waals surface area contributed by atoms with Gasteiger partial charge < -0.3 is 4.74 Å². The number of carbonyl (C=O) groups is 1. The molecular weight excluding hydrogens is 268 g/mol. The molecule has 2 nitrogen and oxygen atoms in total. The smallest absolute Gasteiger partial charge is 0.330 e. The van der Waals surface area contributed by atoms with Gasteiger partial charge in [0, 0.05) is 10.5 Å². The van der Waals surface area contributed by atoms with Gasteiger partial charge in [0.05, 0.1) is 6.61 Å². The highest BCUT2D eigenvalue weighted by Gasteiger charge is 1.99. The molecule has 0 unspecified atom stereocenters. The Labute approximate surface area is 104 Å². The van der Waals surface area contributed by atoms with Crippen molar-refractivity contribution in [1.82, 2.24) is 0 Å². The van der Waals surface area contributed by atoms with Crippen LogP contribution in [-0.4, -0.2) is 12.6 Å². The van der Waals surface area contributed by atoms with Crippen LogP contribution in [0.15, 0.2) is 40.4 Å². The van der Waals surface area contributed by atoms with Crippen molar-refractivity contribution in [3.8, 4) is 0 Å². The van der Waals surface area contributed by atoms with Gasteiger partial charge in [0.15, 0.2) is 0 Å². The second-order valence-corrected chi connectivity index (χ2v) is 4.46. The molecule has 0 atom stereocenters. The van der Waals surface area contributed by atoms with Gasteiger partial charge in [0.2, 0.25) is 0 Å². The van der Waals surface area contributed by atoms with E-state index in [-0.39, 0.29) is 5.97 Å². The maximum absolute atomic E-state index is 11.2. The summed E-state index contributed by atoms with van der Waals surface area (Å²) < 4.78 is 5.91. The Hall–Kier alpha value is -1.09. The minimum atomic E-state index is -0.267. The van der Waals surface area contributed by atoms with Gasteiger partial charge in [-0.15, -0.1) is 0 Å². The predicted octanol–water partition coefficient (Wildman–Crippen LogP) is 3.50. The molecule has 0 amide bonds. The van der Waals surface area contributed by atoms with Crippen molar-refractivity contribution in [3.63, 3.8) is 0 Å². The zero-order valence-corrected chi connectivity index (χ0v) is 11.1. The van der Waals surface area contributed by atoms with Crippen LogP contribution < -0.4 is 0 Å². The van der Waals surface area contributed by atoms with Crippen molar-refractivity contribution in [2.45, 2.75) is 20.3 Å². The largest absolute Gasteiger partial charge is 0.463 e. The number of halogens is 1. The Morgan fingerprint density at radius 1 is 1.38 bits per heavy atom. The van der Waals surface area contributed by atoms with E-state index in [0.29, 0.717) is 6.61 Å². The van der Waals surface area contributed by atoms with Crippen molar-refractivity contribution in [2.75, 3.05) is 6.61 Å². The van der Waals surface area contributed by atoms with Crippen molar-refractivity contribution < 1.29 is 9.53 Å². The van der Waals surface area contributed by atoms with E-state index in [2.05, 4.69) is 15.9 Å². The molecule has 0 saturated carbocycles. The third-order valence-electron chi connectivity index (χ3n) is 2.05. The van der Waals surface area contributed by atoms with Gasteiger partial charge in [0.1, 0.15) is 0 Å². The fraction of sp³-hybridized carbons (Fsp3) is 0.308. The average molecular weight is 283 g/mol. The van der Waals surface area contributed by atoms with E-state index in [9.17, 15) is 4.79 Å². The van der Waals surface area contributed by atoms with Crippen LogP contribution in [0, 0.1) is 0 Å². The zero-order chi connectivity index (χ0) is 12.0. The Bertz CT molecular complexity index is 379. The Morgan fingerprint density at radius 2 is 2.00 bits per heavy atom. The molecule has 1 rings (SSSR count). The van der Waals surface area contributed by atoms with Gasteiger partial charge in [-0.2, -0.15) is 0 Å². The quantitative estimate of drug-likeness (QED) is 0.624. The van der Waals surface area contributed by atoms with Crippen LogP contribution >= 0.6 is 15.9 Å². The number of esters is 1. The summed E-state index contributed by atoms with van der Waals surface area (Å²) in [6.07, 6.45) is 2.32. The van der Waals surface area contributed by atoms with E-state index in [0.717, 1.165) is 16.5 Å². The maximum Gasteiger partial charge on any atom is 0.330 e. The Balaban J connectivity index is 2.60. The lowest BCUT2D eigenvalue weighted by Gasteiger charge is -2.02. The summed E-state index contributed by atoms with van der Waals surface area (Å²) in [6, 6.07) is 8.05. The van der Waals surface area contributed by atoms with Gasteiger partial charge in [0.25, 0.3) is 0 Å². The van der Waals surface area contributed by atoms with Crippen molar-refractivity contribution in [2.24, 2.45) is 0 Å². The summed E-state index contributed by atoms with van der Waals surface area (Å²) in [5.41, 5.74) is 2.18. The maximum atomic E-state index is 11.2. The lowest BCUT2D eigenvalue weighted by Crippen LogP contribution is -2.01. The Morgan fingerprint density at radius 3 is 2.56 bits per heavy atom. The molecule has 0 aliphatic heterocycles. The minimum Gasteiger partial charge on any atom is -0.463 e. The standard InChI is InChI=1S/C13H15BrO2/c1-3-16-13(15)9-10(2)8-11-4-6-12(14)7-5-11/h4-7,9H,3,8H2,1-2H3/b10-9+. The fourth-order valence-corrected chi connectivity index (χ4v) is 1.62. The van der Waals surface area contributed by atoms with Crippen LogP contribution in [0.5, 0.6) is 0 Å². The van der Waals surface area contributed by atoms with Gasteiger partial charge in [-0.05, 0) is 38.0 Å². The van der Waals surface area contributed by atoms with E-state index in [1.165, 1.54) is 5.56 Å².